The minimum absolute atomic E-state index is 0.372. The summed E-state index contributed by atoms with van der Waals surface area (Å²) in [7, 11) is 0. The first-order valence-corrected chi connectivity index (χ1v) is 8.36. The van der Waals surface area contributed by atoms with Crippen LogP contribution in [0.25, 0.3) is 11.4 Å². The summed E-state index contributed by atoms with van der Waals surface area (Å²) in [5.41, 5.74) is 3.92. The molecule has 0 amide bonds. The lowest BCUT2D eigenvalue weighted by molar-refractivity contribution is 0.573. The van der Waals surface area contributed by atoms with E-state index in [1.807, 2.05) is 49.4 Å². The van der Waals surface area contributed by atoms with Crippen molar-refractivity contribution in [3.05, 3.63) is 71.5 Å². The second-order valence-corrected chi connectivity index (χ2v) is 6.02. The number of tetrazole rings is 1. The molecule has 2 heterocycles. The van der Waals surface area contributed by atoms with Crippen molar-refractivity contribution >= 4 is 11.6 Å². The van der Waals surface area contributed by atoms with E-state index in [1.165, 1.54) is 4.80 Å². The topological polar surface area (TPSA) is 108 Å². The summed E-state index contributed by atoms with van der Waals surface area (Å²) in [6.45, 7) is 2.43. The number of hydrogen-bond acceptors (Lipinski definition) is 6. The Hall–Kier alpha value is -3.99. The molecule has 0 unspecified atom stereocenters. The highest BCUT2D eigenvalue weighted by molar-refractivity contribution is 5.70. The van der Waals surface area contributed by atoms with Gasteiger partial charge < -0.3 is 10.3 Å². The largest absolute Gasteiger partial charge is 0.344 e. The van der Waals surface area contributed by atoms with Gasteiger partial charge in [0.15, 0.2) is 0 Å². The van der Waals surface area contributed by atoms with Crippen LogP contribution in [0.2, 0.25) is 0 Å². The Morgan fingerprint density at radius 1 is 1.19 bits per heavy atom. The third kappa shape index (κ3) is 3.67. The maximum Gasteiger partial charge on any atom is 0.267 e. The number of hydrogen-bond donors (Lipinski definition) is 2. The first-order chi connectivity index (χ1) is 13.2. The Labute approximate surface area is 155 Å². The fourth-order valence-corrected chi connectivity index (χ4v) is 2.71. The van der Waals surface area contributed by atoms with Crippen molar-refractivity contribution in [1.82, 2.24) is 30.2 Å². The van der Waals surface area contributed by atoms with Crippen molar-refractivity contribution < 1.29 is 0 Å². The van der Waals surface area contributed by atoms with Gasteiger partial charge >= 0.3 is 0 Å². The van der Waals surface area contributed by atoms with Gasteiger partial charge in [-0.1, -0.05) is 35.4 Å². The molecule has 4 aromatic rings. The Balaban J connectivity index is 1.52. The minimum atomic E-state index is 0.372. The Morgan fingerprint density at radius 2 is 2.04 bits per heavy atom. The van der Waals surface area contributed by atoms with E-state index < -0.39 is 0 Å². The molecule has 2 N–H and O–H groups in total. The summed E-state index contributed by atoms with van der Waals surface area (Å²) in [5.74, 6) is 1.04. The molecule has 4 rings (SSSR count). The summed E-state index contributed by atoms with van der Waals surface area (Å²) in [6.07, 6.45) is 1.80. The highest BCUT2D eigenvalue weighted by atomic mass is 15.6. The van der Waals surface area contributed by atoms with Crippen LogP contribution >= 0.6 is 0 Å². The molecular formula is C19H16N8. The van der Waals surface area contributed by atoms with Gasteiger partial charge in [0.05, 0.1) is 23.9 Å². The van der Waals surface area contributed by atoms with Gasteiger partial charge in [-0.2, -0.15) is 10.1 Å². The predicted octanol–water partition coefficient (Wildman–Crippen LogP) is 3.04. The van der Waals surface area contributed by atoms with E-state index in [1.54, 1.807) is 12.3 Å². The van der Waals surface area contributed by atoms with Crippen molar-refractivity contribution in [1.29, 1.82) is 5.26 Å². The Bertz CT molecular complexity index is 1100. The monoisotopic (exact) mass is 356 g/mol. The van der Waals surface area contributed by atoms with Crippen LogP contribution in [0.3, 0.4) is 0 Å². The summed E-state index contributed by atoms with van der Waals surface area (Å²) in [6, 6.07) is 17.6. The summed E-state index contributed by atoms with van der Waals surface area (Å²) >= 11 is 0. The molecule has 0 aliphatic rings. The molecule has 2 aromatic carbocycles. The third-order valence-corrected chi connectivity index (χ3v) is 3.98. The summed E-state index contributed by atoms with van der Waals surface area (Å²) in [5, 5.41) is 24.9. The van der Waals surface area contributed by atoms with Crippen molar-refractivity contribution in [2.24, 2.45) is 0 Å². The number of rotatable bonds is 5. The van der Waals surface area contributed by atoms with Crippen molar-refractivity contribution in [3.8, 4) is 17.5 Å². The molecule has 0 saturated carbocycles. The number of H-pyrrole nitrogens is 1. The van der Waals surface area contributed by atoms with Crippen molar-refractivity contribution in [2.75, 3.05) is 5.32 Å². The number of benzene rings is 2. The number of nitrogens with one attached hydrogen (secondary N) is 2. The van der Waals surface area contributed by atoms with Gasteiger partial charge in [0.25, 0.3) is 5.95 Å². The van der Waals surface area contributed by atoms with E-state index in [9.17, 15) is 5.26 Å². The first-order valence-electron chi connectivity index (χ1n) is 8.36. The lowest BCUT2D eigenvalue weighted by atomic mass is 10.1. The average molecular weight is 356 g/mol. The zero-order valence-electron chi connectivity index (χ0n) is 14.6. The molecule has 2 aromatic heterocycles. The van der Waals surface area contributed by atoms with E-state index in [2.05, 4.69) is 36.8 Å². The highest BCUT2D eigenvalue weighted by Gasteiger charge is 2.10. The van der Waals surface area contributed by atoms with Gasteiger partial charge in [0.1, 0.15) is 5.82 Å². The zero-order chi connectivity index (χ0) is 18.6. The number of anilines is 2. The van der Waals surface area contributed by atoms with Crippen molar-refractivity contribution in [3.63, 3.8) is 0 Å². The molecule has 8 nitrogen and oxygen atoms in total. The molecule has 0 bridgehead atoms. The number of aromatic amines is 1. The second-order valence-electron chi connectivity index (χ2n) is 6.02. The van der Waals surface area contributed by atoms with Crippen LogP contribution in [-0.2, 0) is 6.54 Å². The van der Waals surface area contributed by atoms with E-state index in [-0.39, 0.29) is 0 Å². The Morgan fingerprint density at radius 3 is 2.78 bits per heavy atom. The molecule has 27 heavy (non-hydrogen) atoms. The average Bonchev–Trinajstić information content (AvgIpc) is 3.31. The lowest BCUT2D eigenvalue weighted by Gasteiger charge is -2.05. The van der Waals surface area contributed by atoms with Crippen LogP contribution in [0, 0.1) is 18.3 Å². The van der Waals surface area contributed by atoms with Gasteiger partial charge in [0.2, 0.25) is 0 Å². The maximum atomic E-state index is 9.48. The first kappa shape index (κ1) is 16.5. The van der Waals surface area contributed by atoms with E-state index in [0.717, 1.165) is 16.8 Å². The molecule has 0 aliphatic heterocycles. The maximum absolute atomic E-state index is 9.48. The lowest BCUT2D eigenvalue weighted by Crippen LogP contribution is -2.04. The molecular weight excluding hydrogens is 340 g/mol. The molecule has 0 radical (unpaired) electrons. The number of nitriles is 1. The second kappa shape index (κ2) is 7.09. The smallest absolute Gasteiger partial charge is 0.267 e. The van der Waals surface area contributed by atoms with E-state index >= 15 is 0 Å². The number of imidazole rings is 1. The number of aromatic nitrogens is 6. The molecule has 132 valence electrons. The van der Waals surface area contributed by atoms with Crippen LogP contribution in [0.5, 0.6) is 0 Å². The summed E-state index contributed by atoms with van der Waals surface area (Å²) in [4.78, 5) is 8.97. The number of aryl methyl sites for hydroxylation is 1. The van der Waals surface area contributed by atoms with Crippen molar-refractivity contribution in [2.45, 2.75) is 13.5 Å². The SMILES string of the molecule is Cc1c[nH]c(-c2ccc(Nc3nnn(Cc4ccccc4)n3)cc2C#N)n1. The van der Waals surface area contributed by atoms with E-state index in [0.29, 0.717) is 29.6 Å². The highest BCUT2D eigenvalue weighted by Crippen LogP contribution is 2.24. The molecule has 8 heteroatoms. The van der Waals surface area contributed by atoms with Crippen LogP contribution in [0.1, 0.15) is 16.8 Å². The van der Waals surface area contributed by atoms with Crippen LogP contribution in [-0.4, -0.2) is 30.2 Å². The molecule has 0 saturated heterocycles. The fourth-order valence-electron chi connectivity index (χ4n) is 2.71. The fraction of sp³-hybridized carbons (Fsp3) is 0.105. The Kier molecular flexibility index (Phi) is 4.33. The molecule has 0 spiro atoms. The van der Waals surface area contributed by atoms with Gasteiger partial charge in [-0.05, 0) is 35.9 Å². The van der Waals surface area contributed by atoms with Gasteiger partial charge in [-0.15, -0.1) is 5.10 Å². The molecule has 0 aliphatic carbocycles. The number of nitrogens with zero attached hydrogens (tertiary/aromatic N) is 6. The molecule has 0 atom stereocenters. The van der Waals surface area contributed by atoms with Crippen LogP contribution < -0.4 is 5.32 Å². The zero-order valence-corrected chi connectivity index (χ0v) is 14.6. The minimum Gasteiger partial charge on any atom is -0.344 e. The quantitative estimate of drug-likeness (QED) is 0.569. The third-order valence-electron chi connectivity index (χ3n) is 3.98. The van der Waals surface area contributed by atoms with Gasteiger partial charge in [0, 0.05) is 17.4 Å². The molecule has 0 fully saturated rings. The standard InChI is InChI=1S/C19H16N8/c1-13-11-21-18(22-13)17-8-7-16(9-15(17)10-20)23-19-24-26-27(25-19)12-14-5-3-2-4-6-14/h2-9,11H,12H2,1H3,(H,21,22)(H,23,25). The summed E-state index contributed by atoms with van der Waals surface area (Å²) < 4.78 is 0. The van der Waals surface area contributed by atoms with E-state index in [4.69, 9.17) is 0 Å². The van der Waals surface area contributed by atoms with Crippen LogP contribution in [0.15, 0.2) is 54.7 Å². The van der Waals surface area contributed by atoms with Gasteiger partial charge in [-0.3, -0.25) is 0 Å². The van der Waals surface area contributed by atoms with Gasteiger partial charge in [-0.25, -0.2) is 4.98 Å². The van der Waals surface area contributed by atoms with Crippen LogP contribution in [0.4, 0.5) is 11.6 Å². The normalized spacial score (nSPS) is 10.5. The predicted molar refractivity (Wildman–Crippen MR) is 100 cm³/mol.